The van der Waals surface area contributed by atoms with Gasteiger partial charge in [0.15, 0.2) is 11.5 Å². The Morgan fingerprint density at radius 1 is 1.27 bits per heavy atom. The molecule has 4 nitrogen and oxygen atoms in total. The van der Waals surface area contributed by atoms with Gasteiger partial charge in [-0.25, -0.2) is 0 Å². The molecule has 2 saturated heterocycles. The van der Waals surface area contributed by atoms with E-state index in [0.29, 0.717) is 6.04 Å². The Kier molecular flexibility index (Phi) is 5.21. The van der Waals surface area contributed by atoms with Crippen LogP contribution in [-0.4, -0.2) is 50.8 Å². The quantitative estimate of drug-likeness (QED) is 0.906. The van der Waals surface area contributed by atoms with Gasteiger partial charge in [-0.05, 0) is 50.9 Å². The molecule has 0 bridgehead atoms. The van der Waals surface area contributed by atoms with E-state index < -0.39 is 0 Å². The largest absolute Gasteiger partial charge is 0.493 e. The van der Waals surface area contributed by atoms with Crippen molar-refractivity contribution in [2.75, 3.05) is 33.8 Å². The molecular formula is C18H28N2O2. The van der Waals surface area contributed by atoms with Gasteiger partial charge in [0.05, 0.1) is 7.11 Å². The van der Waals surface area contributed by atoms with E-state index in [-0.39, 0.29) is 6.10 Å². The van der Waals surface area contributed by atoms with E-state index >= 15 is 0 Å². The molecule has 22 heavy (non-hydrogen) atoms. The van der Waals surface area contributed by atoms with Crippen molar-refractivity contribution < 1.29 is 9.47 Å². The lowest BCUT2D eigenvalue weighted by molar-refractivity contribution is 0.199. The summed E-state index contributed by atoms with van der Waals surface area (Å²) >= 11 is 0. The summed E-state index contributed by atoms with van der Waals surface area (Å²) in [7, 11) is 3.90. The predicted octanol–water partition coefficient (Wildman–Crippen LogP) is 2.46. The zero-order valence-corrected chi connectivity index (χ0v) is 13.8. The van der Waals surface area contributed by atoms with E-state index in [0.717, 1.165) is 44.0 Å². The number of para-hydroxylation sites is 1. The van der Waals surface area contributed by atoms with Crippen molar-refractivity contribution >= 4 is 0 Å². The monoisotopic (exact) mass is 304 g/mol. The highest BCUT2D eigenvalue weighted by Gasteiger charge is 2.23. The van der Waals surface area contributed by atoms with E-state index in [2.05, 4.69) is 29.4 Å². The lowest BCUT2D eigenvalue weighted by atomic mass is 9.97. The van der Waals surface area contributed by atoms with Crippen molar-refractivity contribution in [1.29, 1.82) is 0 Å². The highest BCUT2D eigenvalue weighted by molar-refractivity contribution is 5.47. The zero-order valence-electron chi connectivity index (χ0n) is 13.8. The fourth-order valence-electron chi connectivity index (χ4n) is 3.58. The molecule has 0 aliphatic carbocycles. The maximum Gasteiger partial charge on any atom is 0.163 e. The van der Waals surface area contributed by atoms with E-state index in [1.807, 2.05) is 6.07 Å². The maximum absolute atomic E-state index is 6.21. The number of methoxy groups -OCH3 is 1. The normalized spacial score (nSPS) is 26.1. The van der Waals surface area contributed by atoms with E-state index in [9.17, 15) is 0 Å². The summed E-state index contributed by atoms with van der Waals surface area (Å²) < 4.78 is 11.9. The Bertz CT molecular complexity index is 461. The molecular weight excluding hydrogens is 276 g/mol. The van der Waals surface area contributed by atoms with Crippen LogP contribution in [0.5, 0.6) is 11.5 Å². The number of benzene rings is 1. The second kappa shape index (κ2) is 7.34. The fourth-order valence-corrected chi connectivity index (χ4v) is 3.58. The summed E-state index contributed by atoms with van der Waals surface area (Å²) in [4.78, 5) is 2.31. The van der Waals surface area contributed by atoms with Gasteiger partial charge < -0.3 is 19.7 Å². The lowest BCUT2D eigenvalue weighted by Gasteiger charge is -2.25. The first kappa shape index (κ1) is 15.6. The van der Waals surface area contributed by atoms with Crippen LogP contribution in [0, 0.1) is 0 Å². The molecule has 122 valence electrons. The van der Waals surface area contributed by atoms with Crippen molar-refractivity contribution in [2.24, 2.45) is 0 Å². The van der Waals surface area contributed by atoms with Gasteiger partial charge in [0, 0.05) is 19.1 Å². The third-order valence-electron chi connectivity index (χ3n) is 4.79. The molecule has 2 heterocycles. The molecule has 2 unspecified atom stereocenters. The minimum absolute atomic E-state index is 0.280. The maximum atomic E-state index is 6.21. The number of likely N-dealkylation sites (tertiary alicyclic amines) is 1. The van der Waals surface area contributed by atoms with Gasteiger partial charge in [-0.1, -0.05) is 18.6 Å². The first-order valence-electron chi connectivity index (χ1n) is 8.50. The van der Waals surface area contributed by atoms with E-state index in [4.69, 9.17) is 9.47 Å². The van der Waals surface area contributed by atoms with Gasteiger partial charge in [0.25, 0.3) is 0 Å². The molecule has 2 atom stereocenters. The molecule has 0 aromatic heterocycles. The van der Waals surface area contributed by atoms with Crippen LogP contribution in [0.3, 0.4) is 0 Å². The highest BCUT2D eigenvalue weighted by atomic mass is 16.5. The van der Waals surface area contributed by atoms with Gasteiger partial charge in [-0.2, -0.15) is 0 Å². The van der Waals surface area contributed by atoms with Crippen LogP contribution in [-0.2, 0) is 6.42 Å². The van der Waals surface area contributed by atoms with Gasteiger partial charge in [0.2, 0.25) is 0 Å². The third-order valence-corrected chi connectivity index (χ3v) is 4.79. The minimum Gasteiger partial charge on any atom is -0.493 e. The first-order chi connectivity index (χ1) is 10.8. The average molecular weight is 304 g/mol. The van der Waals surface area contributed by atoms with Gasteiger partial charge in [-0.3, -0.25) is 0 Å². The van der Waals surface area contributed by atoms with Crippen molar-refractivity contribution in [3.8, 4) is 11.5 Å². The number of likely N-dealkylation sites (N-methyl/N-ethyl adjacent to an activating group) is 1. The number of nitrogens with one attached hydrogen (secondary N) is 1. The molecule has 0 radical (unpaired) electrons. The molecule has 1 aromatic rings. The second-order valence-corrected chi connectivity index (χ2v) is 6.59. The van der Waals surface area contributed by atoms with E-state index in [1.165, 1.54) is 24.8 Å². The SMILES string of the molecule is COc1c(CC2CCCCN2)cccc1OC1CCN(C)C1. The van der Waals surface area contributed by atoms with Crippen LogP contribution in [0.1, 0.15) is 31.2 Å². The molecule has 1 aromatic carbocycles. The van der Waals surface area contributed by atoms with Crippen LogP contribution in [0.25, 0.3) is 0 Å². The molecule has 0 amide bonds. The number of hydrogen-bond donors (Lipinski definition) is 1. The molecule has 0 spiro atoms. The van der Waals surface area contributed by atoms with Crippen LogP contribution in [0.4, 0.5) is 0 Å². The standard InChI is InChI=1S/C18H28N2O2/c1-20-11-9-16(13-20)22-17-8-5-6-14(18(17)21-2)12-15-7-3-4-10-19-15/h5-6,8,15-16,19H,3-4,7,9-13H2,1-2H3. The topological polar surface area (TPSA) is 33.7 Å². The predicted molar refractivity (Wildman–Crippen MR) is 88.9 cm³/mol. The van der Waals surface area contributed by atoms with Gasteiger partial charge in [0.1, 0.15) is 6.10 Å². The summed E-state index contributed by atoms with van der Waals surface area (Å²) in [5, 5.41) is 3.61. The first-order valence-corrected chi connectivity index (χ1v) is 8.50. The Labute approximate surface area is 133 Å². The summed E-state index contributed by atoms with van der Waals surface area (Å²) in [6.45, 7) is 3.24. The molecule has 2 aliphatic rings. The van der Waals surface area contributed by atoms with Crippen LogP contribution in [0.2, 0.25) is 0 Å². The van der Waals surface area contributed by atoms with Crippen molar-refractivity contribution in [3.63, 3.8) is 0 Å². The van der Waals surface area contributed by atoms with Gasteiger partial charge >= 0.3 is 0 Å². The summed E-state index contributed by atoms with van der Waals surface area (Å²) in [6.07, 6.45) is 6.26. The molecule has 1 N–H and O–H groups in total. The third kappa shape index (κ3) is 3.73. The van der Waals surface area contributed by atoms with Crippen molar-refractivity contribution in [3.05, 3.63) is 23.8 Å². The number of hydrogen-bond acceptors (Lipinski definition) is 4. The Hall–Kier alpha value is -1.26. The van der Waals surface area contributed by atoms with Crippen LogP contribution in [0.15, 0.2) is 18.2 Å². The molecule has 2 aliphatic heterocycles. The molecule has 3 rings (SSSR count). The highest BCUT2D eigenvalue weighted by Crippen LogP contribution is 2.34. The van der Waals surface area contributed by atoms with E-state index in [1.54, 1.807) is 7.11 Å². The smallest absolute Gasteiger partial charge is 0.163 e. The van der Waals surface area contributed by atoms with Crippen LogP contribution >= 0.6 is 0 Å². The Morgan fingerprint density at radius 3 is 2.86 bits per heavy atom. The molecule has 2 fully saturated rings. The minimum atomic E-state index is 0.280. The number of piperidine rings is 1. The zero-order chi connectivity index (χ0) is 15.4. The summed E-state index contributed by atoms with van der Waals surface area (Å²) in [5.74, 6) is 1.82. The lowest BCUT2D eigenvalue weighted by Crippen LogP contribution is -2.35. The number of nitrogens with zero attached hydrogens (tertiary/aromatic N) is 1. The Balaban J connectivity index is 1.71. The average Bonchev–Trinajstić information content (AvgIpc) is 2.94. The van der Waals surface area contributed by atoms with Crippen molar-refractivity contribution in [1.82, 2.24) is 10.2 Å². The van der Waals surface area contributed by atoms with Crippen LogP contribution < -0.4 is 14.8 Å². The second-order valence-electron chi connectivity index (χ2n) is 6.59. The Morgan fingerprint density at radius 2 is 2.18 bits per heavy atom. The van der Waals surface area contributed by atoms with Crippen molar-refractivity contribution in [2.45, 2.75) is 44.2 Å². The molecule has 0 saturated carbocycles. The summed E-state index contributed by atoms with van der Waals surface area (Å²) in [5.41, 5.74) is 1.26. The summed E-state index contributed by atoms with van der Waals surface area (Å²) in [6, 6.07) is 6.86. The molecule has 4 heteroatoms. The fraction of sp³-hybridized carbons (Fsp3) is 0.667. The van der Waals surface area contributed by atoms with Gasteiger partial charge in [-0.15, -0.1) is 0 Å². The number of rotatable bonds is 5. The number of ether oxygens (including phenoxy) is 2.